The quantitative estimate of drug-likeness (QED) is 0.376. The molecule has 0 saturated carbocycles. The van der Waals surface area contributed by atoms with Crippen LogP contribution >= 0.6 is 0 Å². The molecule has 2 aromatic rings. The van der Waals surface area contributed by atoms with E-state index in [-0.39, 0.29) is 6.04 Å². The third-order valence-electron chi connectivity index (χ3n) is 2.88. The summed E-state index contributed by atoms with van der Waals surface area (Å²) in [7, 11) is 0. The van der Waals surface area contributed by atoms with Gasteiger partial charge in [-0.1, -0.05) is 36.4 Å². The number of hydrogen-bond acceptors (Lipinski definition) is 2. The summed E-state index contributed by atoms with van der Waals surface area (Å²) in [5.74, 6) is 0.637. The fourth-order valence-electron chi connectivity index (χ4n) is 1.95. The van der Waals surface area contributed by atoms with E-state index in [1.807, 2.05) is 25.2 Å². The zero-order valence-corrected chi connectivity index (χ0v) is 10.5. The topological polar surface area (TPSA) is 48.2 Å². The molecule has 2 aromatic carbocycles. The number of amidine groups is 1. The maximum Gasteiger partial charge on any atom is 0.182 e. The Morgan fingerprint density at radius 1 is 1.22 bits per heavy atom. The Morgan fingerprint density at radius 2 is 1.94 bits per heavy atom. The zero-order chi connectivity index (χ0) is 13.0. The Balaban J connectivity index is 2.31. The van der Waals surface area contributed by atoms with Crippen LogP contribution in [0, 0.1) is 11.5 Å². The Kier molecular flexibility index (Phi) is 3.59. The van der Waals surface area contributed by atoms with Gasteiger partial charge in [0.1, 0.15) is 5.84 Å². The van der Waals surface area contributed by atoms with Crippen LogP contribution in [-0.4, -0.2) is 5.84 Å². The molecule has 0 heterocycles. The van der Waals surface area contributed by atoms with Crippen LogP contribution in [0.25, 0.3) is 10.8 Å². The minimum atomic E-state index is 0.0375. The number of aliphatic imine (C=N–C) groups is 1. The first kappa shape index (κ1) is 12.1. The Bertz CT molecular complexity index is 623. The molecule has 0 fully saturated rings. The van der Waals surface area contributed by atoms with Crippen molar-refractivity contribution in [1.82, 2.24) is 5.32 Å². The van der Waals surface area contributed by atoms with E-state index in [1.165, 1.54) is 10.8 Å². The van der Waals surface area contributed by atoms with E-state index in [0.29, 0.717) is 5.84 Å². The van der Waals surface area contributed by atoms with E-state index in [0.717, 1.165) is 5.56 Å². The molecule has 0 bridgehead atoms. The molecule has 0 saturated heterocycles. The van der Waals surface area contributed by atoms with Gasteiger partial charge >= 0.3 is 0 Å². The summed E-state index contributed by atoms with van der Waals surface area (Å²) in [6.07, 6.45) is 1.87. The van der Waals surface area contributed by atoms with Crippen molar-refractivity contribution < 1.29 is 0 Å². The van der Waals surface area contributed by atoms with Crippen molar-refractivity contribution in [2.24, 2.45) is 4.99 Å². The Labute approximate surface area is 107 Å². The Hall–Kier alpha value is -2.34. The molecule has 0 aliphatic heterocycles. The van der Waals surface area contributed by atoms with Gasteiger partial charge in [0.05, 0.1) is 6.04 Å². The first-order valence-corrected chi connectivity index (χ1v) is 5.89. The average molecular weight is 237 g/mol. The first-order valence-electron chi connectivity index (χ1n) is 5.89. The molecule has 0 radical (unpaired) electrons. The number of rotatable bonds is 2. The Morgan fingerprint density at radius 3 is 2.67 bits per heavy atom. The van der Waals surface area contributed by atoms with Crippen LogP contribution in [0.15, 0.2) is 47.5 Å². The lowest BCUT2D eigenvalue weighted by Crippen LogP contribution is -2.14. The summed E-state index contributed by atoms with van der Waals surface area (Å²) in [5, 5.41) is 13.5. The molecule has 0 spiro atoms. The maximum atomic E-state index is 8.52. The van der Waals surface area contributed by atoms with E-state index in [2.05, 4.69) is 40.6 Å². The molecule has 18 heavy (non-hydrogen) atoms. The number of fused-ring (bicyclic) bond motifs is 1. The second kappa shape index (κ2) is 5.33. The van der Waals surface area contributed by atoms with Gasteiger partial charge in [0.2, 0.25) is 0 Å². The normalized spacial score (nSPS) is 13.1. The summed E-state index contributed by atoms with van der Waals surface area (Å²) < 4.78 is 0. The molecule has 0 amide bonds. The summed E-state index contributed by atoms with van der Waals surface area (Å²) in [4.78, 5) is 4.43. The summed E-state index contributed by atoms with van der Waals surface area (Å²) in [6.45, 7) is 3.81. The third-order valence-corrected chi connectivity index (χ3v) is 2.88. The van der Waals surface area contributed by atoms with Crippen molar-refractivity contribution in [3.8, 4) is 6.19 Å². The van der Waals surface area contributed by atoms with Crippen LogP contribution in [0.3, 0.4) is 0 Å². The lowest BCUT2D eigenvalue weighted by molar-refractivity contribution is 0.814. The summed E-state index contributed by atoms with van der Waals surface area (Å²) >= 11 is 0. The summed E-state index contributed by atoms with van der Waals surface area (Å²) in [6, 6.07) is 14.6. The lowest BCUT2D eigenvalue weighted by atomic mass is 10.0. The van der Waals surface area contributed by atoms with E-state index in [9.17, 15) is 0 Å². The number of nitrogens with zero attached hydrogens (tertiary/aromatic N) is 2. The fourth-order valence-corrected chi connectivity index (χ4v) is 1.95. The number of nitrogens with one attached hydrogen (secondary N) is 1. The highest BCUT2D eigenvalue weighted by Gasteiger charge is 2.04. The minimum Gasteiger partial charge on any atom is -0.281 e. The van der Waals surface area contributed by atoms with Crippen molar-refractivity contribution in [1.29, 1.82) is 5.26 Å². The van der Waals surface area contributed by atoms with Crippen molar-refractivity contribution in [2.75, 3.05) is 0 Å². The maximum absolute atomic E-state index is 8.52. The van der Waals surface area contributed by atoms with Crippen molar-refractivity contribution >= 4 is 16.6 Å². The van der Waals surface area contributed by atoms with Gasteiger partial charge in [-0.2, -0.15) is 5.26 Å². The zero-order valence-electron chi connectivity index (χ0n) is 10.5. The molecule has 1 N–H and O–H groups in total. The molecule has 0 aliphatic carbocycles. The second-order valence-electron chi connectivity index (χ2n) is 4.23. The van der Waals surface area contributed by atoms with Crippen LogP contribution in [0.2, 0.25) is 0 Å². The largest absolute Gasteiger partial charge is 0.281 e. The van der Waals surface area contributed by atoms with Crippen molar-refractivity contribution in [3.05, 3.63) is 48.0 Å². The van der Waals surface area contributed by atoms with E-state index < -0.39 is 0 Å². The second-order valence-corrected chi connectivity index (χ2v) is 4.23. The molecule has 3 heteroatoms. The van der Waals surface area contributed by atoms with Gasteiger partial charge in [0, 0.05) is 0 Å². The van der Waals surface area contributed by atoms with Gasteiger partial charge in [-0.15, -0.1) is 0 Å². The first-order chi connectivity index (χ1) is 8.70. The molecule has 1 atom stereocenters. The van der Waals surface area contributed by atoms with E-state index in [1.54, 1.807) is 6.92 Å². The van der Waals surface area contributed by atoms with Crippen LogP contribution < -0.4 is 5.32 Å². The van der Waals surface area contributed by atoms with Crippen molar-refractivity contribution in [3.63, 3.8) is 0 Å². The van der Waals surface area contributed by atoms with Crippen LogP contribution in [0.1, 0.15) is 25.5 Å². The average Bonchev–Trinajstić information content (AvgIpc) is 2.38. The number of nitriles is 1. The van der Waals surface area contributed by atoms with Crippen molar-refractivity contribution in [2.45, 2.75) is 19.9 Å². The standard InChI is InChI=1S/C15H15N3/c1-11(18-12(2)17-10-16)14-8-7-13-5-3-4-6-15(13)9-14/h3-9,11H,1-2H3,(H,17,18)/t11-/m1/s1. The van der Waals surface area contributed by atoms with E-state index >= 15 is 0 Å². The van der Waals surface area contributed by atoms with Gasteiger partial charge in [0.25, 0.3) is 0 Å². The molecular formula is C15H15N3. The van der Waals surface area contributed by atoms with Crippen LogP contribution in [0.4, 0.5) is 0 Å². The summed E-state index contributed by atoms with van der Waals surface area (Å²) in [5.41, 5.74) is 1.15. The highest BCUT2D eigenvalue weighted by molar-refractivity contribution is 5.83. The predicted octanol–water partition coefficient (Wildman–Crippen LogP) is 3.39. The van der Waals surface area contributed by atoms with Crippen LogP contribution in [0.5, 0.6) is 0 Å². The van der Waals surface area contributed by atoms with Gasteiger partial charge in [0.15, 0.2) is 6.19 Å². The van der Waals surface area contributed by atoms with Gasteiger partial charge < -0.3 is 0 Å². The third kappa shape index (κ3) is 2.67. The lowest BCUT2D eigenvalue weighted by Gasteiger charge is -2.09. The molecule has 2 rings (SSSR count). The van der Waals surface area contributed by atoms with Gasteiger partial charge in [-0.05, 0) is 36.2 Å². The molecule has 0 aromatic heterocycles. The highest BCUT2D eigenvalue weighted by Crippen LogP contribution is 2.22. The van der Waals surface area contributed by atoms with Gasteiger partial charge in [-0.25, -0.2) is 0 Å². The minimum absolute atomic E-state index is 0.0375. The molecular weight excluding hydrogens is 222 g/mol. The van der Waals surface area contributed by atoms with E-state index in [4.69, 9.17) is 5.26 Å². The highest BCUT2D eigenvalue weighted by atomic mass is 15.0. The molecule has 0 aliphatic rings. The SMILES string of the molecule is CC(=N[C@H](C)c1ccc2ccccc2c1)NC#N. The van der Waals surface area contributed by atoms with Crippen LogP contribution in [-0.2, 0) is 0 Å². The smallest absolute Gasteiger partial charge is 0.182 e. The number of hydrogen-bond donors (Lipinski definition) is 1. The molecule has 3 nitrogen and oxygen atoms in total. The molecule has 90 valence electrons. The number of benzene rings is 2. The monoisotopic (exact) mass is 237 g/mol. The van der Waals surface area contributed by atoms with Gasteiger partial charge in [-0.3, -0.25) is 10.3 Å². The fraction of sp³-hybridized carbons (Fsp3) is 0.200. The predicted molar refractivity (Wildman–Crippen MR) is 74.2 cm³/mol. The molecule has 0 unspecified atom stereocenters.